The molecular formula is C9H6F3N3O. The van der Waals surface area contributed by atoms with Crippen LogP contribution < -0.4 is 4.74 Å². The highest BCUT2D eigenvalue weighted by molar-refractivity contribution is 5.81. The number of halogens is 3. The first kappa shape index (κ1) is 10.6. The van der Waals surface area contributed by atoms with E-state index >= 15 is 0 Å². The Kier molecular flexibility index (Phi) is 2.59. The van der Waals surface area contributed by atoms with E-state index in [1.54, 1.807) is 6.07 Å². The van der Waals surface area contributed by atoms with Crippen LogP contribution in [0.3, 0.4) is 0 Å². The average Bonchev–Trinajstić information content (AvgIpc) is 2.25. The van der Waals surface area contributed by atoms with Crippen molar-refractivity contribution in [3.05, 3.63) is 24.8 Å². The summed E-state index contributed by atoms with van der Waals surface area (Å²) < 4.78 is 40.4. The van der Waals surface area contributed by atoms with Crippen LogP contribution in [0.15, 0.2) is 24.8 Å². The third-order valence-corrected chi connectivity index (χ3v) is 1.77. The Morgan fingerprint density at radius 1 is 1.25 bits per heavy atom. The highest BCUT2D eigenvalue weighted by Crippen LogP contribution is 2.22. The van der Waals surface area contributed by atoms with Crippen molar-refractivity contribution in [3.63, 3.8) is 0 Å². The predicted molar refractivity (Wildman–Crippen MR) is 48.9 cm³/mol. The lowest BCUT2D eigenvalue weighted by Gasteiger charge is -2.09. The quantitative estimate of drug-likeness (QED) is 0.789. The molecule has 16 heavy (non-hydrogen) atoms. The molecule has 0 atom stereocenters. The zero-order valence-corrected chi connectivity index (χ0v) is 7.90. The molecular weight excluding hydrogens is 223 g/mol. The van der Waals surface area contributed by atoms with Gasteiger partial charge in [0.1, 0.15) is 6.33 Å². The van der Waals surface area contributed by atoms with E-state index in [1.165, 1.54) is 12.4 Å². The fourth-order valence-electron chi connectivity index (χ4n) is 1.14. The van der Waals surface area contributed by atoms with E-state index in [1.807, 2.05) is 0 Å². The summed E-state index contributed by atoms with van der Waals surface area (Å²) in [7, 11) is 0. The summed E-state index contributed by atoms with van der Waals surface area (Å²) >= 11 is 0. The predicted octanol–water partition coefficient (Wildman–Crippen LogP) is 1.97. The molecule has 0 aliphatic heterocycles. The normalized spacial score (nSPS) is 11.7. The number of ether oxygens (including phenoxy) is 1. The number of hydrogen-bond donors (Lipinski definition) is 0. The number of nitrogens with zero attached hydrogens (tertiary/aromatic N) is 3. The summed E-state index contributed by atoms with van der Waals surface area (Å²) in [6, 6.07) is 1.57. The van der Waals surface area contributed by atoms with Crippen LogP contribution in [0.4, 0.5) is 13.2 Å². The molecule has 0 saturated carbocycles. The molecule has 0 amide bonds. The standard InChI is InChI=1S/C9H6F3N3O/c10-9(11,12)4-16-8-6-3-13-2-1-7(6)14-5-15-8/h1-3,5H,4H2. The van der Waals surface area contributed by atoms with Gasteiger partial charge in [0.15, 0.2) is 6.61 Å². The van der Waals surface area contributed by atoms with E-state index in [0.717, 1.165) is 6.33 Å². The van der Waals surface area contributed by atoms with Gasteiger partial charge in [-0.3, -0.25) is 4.98 Å². The number of rotatable bonds is 2. The Morgan fingerprint density at radius 3 is 2.81 bits per heavy atom. The van der Waals surface area contributed by atoms with Crippen molar-refractivity contribution in [3.8, 4) is 5.88 Å². The molecule has 2 heterocycles. The summed E-state index contributed by atoms with van der Waals surface area (Å²) in [4.78, 5) is 11.3. The minimum absolute atomic E-state index is 0.115. The third kappa shape index (κ3) is 2.36. The topological polar surface area (TPSA) is 47.9 Å². The van der Waals surface area contributed by atoms with Crippen molar-refractivity contribution in [1.82, 2.24) is 15.0 Å². The van der Waals surface area contributed by atoms with E-state index in [2.05, 4.69) is 19.7 Å². The van der Waals surface area contributed by atoms with Gasteiger partial charge in [-0.15, -0.1) is 0 Å². The van der Waals surface area contributed by atoms with Crippen LogP contribution in [-0.2, 0) is 0 Å². The molecule has 0 saturated heterocycles. The molecule has 84 valence electrons. The monoisotopic (exact) mass is 229 g/mol. The number of aromatic nitrogens is 3. The average molecular weight is 229 g/mol. The molecule has 0 bridgehead atoms. The summed E-state index contributed by atoms with van der Waals surface area (Å²) in [5.74, 6) is -0.115. The molecule has 0 aromatic carbocycles. The number of alkyl halides is 3. The summed E-state index contributed by atoms with van der Waals surface area (Å²) in [5, 5.41) is 0.356. The molecule has 0 N–H and O–H groups in total. The van der Waals surface area contributed by atoms with Gasteiger partial charge in [-0.2, -0.15) is 13.2 Å². The van der Waals surface area contributed by atoms with Gasteiger partial charge < -0.3 is 4.74 Å². The van der Waals surface area contributed by atoms with Crippen molar-refractivity contribution < 1.29 is 17.9 Å². The second-order valence-electron chi connectivity index (χ2n) is 2.98. The lowest BCUT2D eigenvalue weighted by molar-refractivity contribution is -0.153. The minimum Gasteiger partial charge on any atom is -0.467 e. The van der Waals surface area contributed by atoms with Gasteiger partial charge in [0.25, 0.3) is 0 Å². The number of fused-ring (bicyclic) bond motifs is 1. The van der Waals surface area contributed by atoms with Crippen molar-refractivity contribution in [1.29, 1.82) is 0 Å². The smallest absolute Gasteiger partial charge is 0.422 e. The van der Waals surface area contributed by atoms with Gasteiger partial charge in [0.05, 0.1) is 10.9 Å². The molecule has 4 nitrogen and oxygen atoms in total. The second kappa shape index (κ2) is 3.92. The van der Waals surface area contributed by atoms with Crippen LogP contribution in [-0.4, -0.2) is 27.7 Å². The Labute approximate surface area is 88.1 Å². The van der Waals surface area contributed by atoms with Gasteiger partial charge in [-0.25, -0.2) is 9.97 Å². The fourth-order valence-corrected chi connectivity index (χ4v) is 1.14. The molecule has 2 aromatic heterocycles. The Hall–Kier alpha value is -1.92. The second-order valence-corrected chi connectivity index (χ2v) is 2.98. The highest BCUT2D eigenvalue weighted by atomic mass is 19.4. The first-order valence-corrected chi connectivity index (χ1v) is 4.30. The first-order valence-electron chi connectivity index (χ1n) is 4.30. The Balaban J connectivity index is 2.30. The maximum Gasteiger partial charge on any atom is 0.422 e. The minimum atomic E-state index is -4.39. The van der Waals surface area contributed by atoms with Gasteiger partial charge in [0.2, 0.25) is 5.88 Å². The van der Waals surface area contributed by atoms with E-state index < -0.39 is 12.8 Å². The molecule has 2 rings (SSSR count). The first-order chi connectivity index (χ1) is 7.56. The SMILES string of the molecule is FC(F)(F)COc1ncnc2ccncc12. The summed E-state index contributed by atoms with van der Waals surface area (Å²) in [6.07, 6.45) is -0.391. The molecule has 7 heteroatoms. The molecule has 0 aliphatic carbocycles. The zero-order valence-electron chi connectivity index (χ0n) is 7.90. The molecule has 2 aromatic rings. The third-order valence-electron chi connectivity index (χ3n) is 1.77. The van der Waals surface area contributed by atoms with Crippen LogP contribution in [0.1, 0.15) is 0 Å². The van der Waals surface area contributed by atoms with Crippen molar-refractivity contribution >= 4 is 10.9 Å². The van der Waals surface area contributed by atoms with E-state index in [4.69, 9.17) is 0 Å². The van der Waals surface area contributed by atoms with E-state index in [-0.39, 0.29) is 5.88 Å². The van der Waals surface area contributed by atoms with Crippen LogP contribution >= 0.6 is 0 Å². The lowest BCUT2D eigenvalue weighted by atomic mass is 10.3. The lowest BCUT2D eigenvalue weighted by Crippen LogP contribution is -2.19. The Morgan fingerprint density at radius 2 is 2.06 bits per heavy atom. The van der Waals surface area contributed by atoms with Crippen LogP contribution in [0.25, 0.3) is 10.9 Å². The maximum absolute atomic E-state index is 12.0. The molecule has 0 fully saturated rings. The van der Waals surface area contributed by atoms with E-state index in [9.17, 15) is 13.2 Å². The maximum atomic E-state index is 12.0. The van der Waals surface area contributed by atoms with Gasteiger partial charge >= 0.3 is 6.18 Å². The zero-order chi connectivity index (χ0) is 11.6. The van der Waals surface area contributed by atoms with Crippen LogP contribution in [0.5, 0.6) is 5.88 Å². The van der Waals surface area contributed by atoms with Crippen molar-refractivity contribution in [2.75, 3.05) is 6.61 Å². The van der Waals surface area contributed by atoms with Crippen LogP contribution in [0, 0.1) is 0 Å². The van der Waals surface area contributed by atoms with E-state index in [0.29, 0.717) is 10.9 Å². The number of hydrogen-bond acceptors (Lipinski definition) is 4. The molecule has 0 unspecified atom stereocenters. The fraction of sp³-hybridized carbons (Fsp3) is 0.222. The molecule has 0 aliphatic rings. The van der Waals surface area contributed by atoms with Gasteiger partial charge in [-0.1, -0.05) is 0 Å². The Bertz CT molecular complexity index is 495. The van der Waals surface area contributed by atoms with Crippen LogP contribution in [0.2, 0.25) is 0 Å². The highest BCUT2D eigenvalue weighted by Gasteiger charge is 2.29. The number of pyridine rings is 1. The van der Waals surface area contributed by atoms with Gasteiger partial charge in [0, 0.05) is 12.4 Å². The van der Waals surface area contributed by atoms with Gasteiger partial charge in [-0.05, 0) is 6.07 Å². The summed E-state index contributed by atoms with van der Waals surface area (Å²) in [5.41, 5.74) is 0.488. The molecule has 0 radical (unpaired) electrons. The van der Waals surface area contributed by atoms with Crippen molar-refractivity contribution in [2.45, 2.75) is 6.18 Å². The largest absolute Gasteiger partial charge is 0.467 e. The summed E-state index contributed by atoms with van der Waals surface area (Å²) in [6.45, 7) is -1.38. The molecule has 0 spiro atoms. The van der Waals surface area contributed by atoms with Crippen molar-refractivity contribution in [2.24, 2.45) is 0 Å².